The van der Waals surface area contributed by atoms with Crippen molar-refractivity contribution in [2.45, 2.75) is 12.5 Å². The van der Waals surface area contributed by atoms with E-state index in [0.29, 0.717) is 10.8 Å². The molecule has 7 nitrogen and oxygen atoms in total. The van der Waals surface area contributed by atoms with Crippen LogP contribution in [0.15, 0.2) is 76.7 Å². The number of aromatic nitrogens is 1. The molecule has 0 bridgehead atoms. The maximum Gasteiger partial charge on any atom is 0.293 e. The van der Waals surface area contributed by atoms with Gasteiger partial charge in [0.05, 0.1) is 24.4 Å². The van der Waals surface area contributed by atoms with Gasteiger partial charge in [0.2, 0.25) is 5.91 Å². The van der Waals surface area contributed by atoms with Crippen molar-refractivity contribution in [1.82, 2.24) is 10.3 Å². The van der Waals surface area contributed by atoms with Crippen molar-refractivity contribution in [3.63, 3.8) is 0 Å². The van der Waals surface area contributed by atoms with Gasteiger partial charge in [0, 0.05) is 16.5 Å². The van der Waals surface area contributed by atoms with Gasteiger partial charge in [-0.25, -0.2) is 4.98 Å². The molecule has 2 N–H and O–H groups in total. The molecule has 154 valence electrons. The minimum atomic E-state index is -0.384. The highest BCUT2D eigenvalue weighted by atomic mass is 32.1. The lowest BCUT2D eigenvalue weighted by molar-refractivity contribution is -0.121. The summed E-state index contributed by atoms with van der Waals surface area (Å²) in [4.78, 5) is 29.2. The van der Waals surface area contributed by atoms with Crippen molar-refractivity contribution >= 4 is 28.3 Å². The molecule has 0 saturated carbocycles. The summed E-state index contributed by atoms with van der Waals surface area (Å²) >= 11 is 1.26. The second-order valence-corrected chi connectivity index (χ2v) is 7.79. The number of nitrogens with one attached hydrogen (secondary N) is 2. The molecule has 1 aliphatic rings. The maximum absolute atomic E-state index is 12.8. The Labute approximate surface area is 181 Å². The van der Waals surface area contributed by atoms with Crippen LogP contribution in [0.3, 0.4) is 0 Å². The van der Waals surface area contributed by atoms with Gasteiger partial charge < -0.3 is 14.5 Å². The molecule has 0 fully saturated rings. The van der Waals surface area contributed by atoms with Gasteiger partial charge >= 0.3 is 0 Å². The van der Waals surface area contributed by atoms with Crippen molar-refractivity contribution in [2.24, 2.45) is 0 Å². The number of carbonyl (C=O) groups excluding carboxylic acids is 2. The Morgan fingerprint density at radius 2 is 1.68 bits per heavy atom. The number of hydrogen-bond donors (Lipinski definition) is 2. The molecule has 3 heterocycles. The summed E-state index contributed by atoms with van der Waals surface area (Å²) in [6.45, 7) is 0. The Morgan fingerprint density at radius 3 is 2.35 bits per heavy atom. The van der Waals surface area contributed by atoms with Crippen LogP contribution in [0.5, 0.6) is 11.5 Å². The van der Waals surface area contributed by atoms with Gasteiger partial charge in [0.1, 0.15) is 11.5 Å². The number of thiazole rings is 1. The quantitative estimate of drug-likeness (QED) is 0.484. The van der Waals surface area contributed by atoms with Crippen molar-refractivity contribution in [3.8, 4) is 11.5 Å². The van der Waals surface area contributed by atoms with Crippen molar-refractivity contribution in [1.29, 1.82) is 0 Å². The zero-order valence-corrected chi connectivity index (χ0v) is 17.0. The molecular weight excluding hydrogens is 414 g/mol. The fourth-order valence-corrected chi connectivity index (χ4v) is 4.16. The third kappa shape index (κ3) is 3.93. The summed E-state index contributed by atoms with van der Waals surface area (Å²) in [5.74, 6) is 1.09. The second-order valence-electron chi connectivity index (χ2n) is 6.93. The molecule has 0 atom stereocenters. The SMILES string of the molecule is O=C(Cc1csc(NC(=O)c2ccco2)n1)NC1c2ccccc2Oc2ccccc21. The molecule has 31 heavy (non-hydrogen) atoms. The molecule has 1 aliphatic heterocycles. The smallest absolute Gasteiger partial charge is 0.293 e. The minimum absolute atomic E-state index is 0.0921. The predicted molar refractivity (Wildman–Crippen MR) is 115 cm³/mol. The normalized spacial score (nSPS) is 12.4. The number of benzene rings is 2. The Bertz CT molecular complexity index is 1200. The zero-order valence-electron chi connectivity index (χ0n) is 16.2. The number of amides is 2. The monoisotopic (exact) mass is 431 g/mol. The molecule has 5 rings (SSSR count). The van der Waals surface area contributed by atoms with Crippen LogP contribution >= 0.6 is 11.3 Å². The summed E-state index contributed by atoms with van der Waals surface area (Å²) in [5, 5.41) is 7.93. The molecule has 8 heteroatoms. The van der Waals surface area contributed by atoms with E-state index in [-0.39, 0.29) is 30.0 Å². The van der Waals surface area contributed by atoms with E-state index < -0.39 is 0 Å². The van der Waals surface area contributed by atoms with Crippen LogP contribution in [0, 0.1) is 0 Å². The van der Waals surface area contributed by atoms with Crippen molar-refractivity contribution in [3.05, 3.63) is 94.9 Å². The summed E-state index contributed by atoms with van der Waals surface area (Å²) in [6, 6.07) is 18.2. The second kappa shape index (κ2) is 8.08. The molecule has 2 aromatic heterocycles. The van der Waals surface area contributed by atoms with Crippen LogP contribution in [0.25, 0.3) is 0 Å². The highest BCUT2D eigenvalue weighted by Crippen LogP contribution is 2.42. The lowest BCUT2D eigenvalue weighted by Crippen LogP contribution is -2.32. The average Bonchev–Trinajstić information content (AvgIpc) is 3.46. The maximum atomic E-state index is 12.8. The van der Waals surface area contributed by atoms with Crippen LogP contribution in [-0.2, 0) is 11.2 Å². The molecule has 0 radical (unpaired) electrons. The Kier molecular flexibility index (Phi) is 4.97. The number of furan rings is 1. The van der Waals surface area contributed by atoms with Crippen LogP contribution in [-0.4, -0.2) is 16.8 Å². The molecule has 0 unspecified atom stereocenters. The summed E-state index contributed by atoms with van der Waals surface area (Å²) in [7, 11) is 0. The number of rotatable bonds is 5. The minimum Gasteiger partial charge on any atom is -0.459 e. The van der Waals surface area contributed by atoms with Gasteiger partial charge in [-0.05, 0) is 24.3 Å². The predicted octanol–water partition coefficient (Wildman–Crippen LogP) is 4.54. The number of fused-ring (bicyclic) bond motifs is 2. The van der Waals surface area contributed by atoms with Crippen molar-refractivity contribution < 1.29 is 18.7 Å². The Morgan fingerprint density at radius 1 is 0.968 bits per heavy atom. The van der Waals surface area contributed by atoms with E-state index in [4.69, 9.17) is 9.15 Å². The summed E-state index contributed by atoms with van der Waals surface area (Å²) < 4.78 is 11.0. The van der Waals surface area contributed by atoms with Gasteiger partial charge in [0.25, 0.3) is 5.91 Å². The lowest BCUT2D eigenvalue weighted by Gasteiger charge is -2.28. The number of hydrogen-bond acceptors (Lipinski definition) is 6. The number of carbonyl (C=O) groups is 2. The average molecular weight is 431 g/mol. The first-order valence-electron chi connectivity index (χ1n) is 9.62. The Balaban J connectivity index is 1.30. The third-order valence-corrected chi connectivity index (χ3v) is 5.65. The Hall–Kier alpha value is -3.91. The number of para-hydroxylation sites is 2. The van der Waals surface area contributed by atoms with E-state index >= 15 is 0 Å². The topological polar surface area (TPSA) is 93.5 Å². The van der Waals surface area contributed by atoms with E-state index in [1.807, 2.05) is 48.5 Å². The van der Waals surface area contributed by atoms with E-state index in [1.54, 1.807) is 17.5 Å². The zero-order chi connectivity index (χ0) is 21.2. The van der Waals surface area contributed by atoms with Crippen LogP contribution in [0.4, 0.5) is 5.13 Å². The van der Waals surface area contributed by atoms with E-state index in [1.165, 1.54) is 17.6 Å². The standard InChI is InChI=1S/C23H17N3O4S/c27-20(12-14-13-31-23(24-14)26-22(28)19-10-5-11-29-19)25-21-15-6-1-3-8-17(15)30-18-9-4-2-7-16(18)21/h1-11,13,21H,12H2,(H,25,27)(H,24,26,28). The first kappa shape index (κ1) is 19.1. The largest absolute Gasteiger partial charge is 0.459 e. The number of anilines is 1. The molecule has 0 spiro atoms. The first-order valence-corrected chi connectivity index (χ1v) is 10.5. The molecule has 4 aromatic rings. The lowest BCUT2D eigenvalue weighted by atomic mass is 9.94. The molecule has 0 saturated heterocycles. The number of nitrogens with zero attached hydrogens (tertiary/aromatic N) is 1. The van der Waals surface area contributed by atoms with Crippen LogP contribution in [0.2, 0.25) is 0 Å². The third-order valence-electron chi connectivity index (χ3n) is 4.84. The van der Waals surface area contributed by atoms with Crippen LogP contribution in [0.1, 0.15) is 33.4 Å². The first-order chi connectivity index (χ1) is 15.2. The van der Waals surface area contributed by atoms with E-state index in [9.17, 15) is 9.59 Å². The van der Waals surface area contributed by atoms with Crippen LogP contribution < -0.4 is 15.4 Å². The van der Waals surface area contributed by atoms with E-state index in [0.717, 1.165) is 22.6 Å². The molecule has 2 amide bonds. The molecular formula is C23H17N3O4S. The number of ether oxygens (including phenoxy) is 1. The van der Waals surface area contributed by atoms with Crippen molar-refractivity contribution in [2.75, 3.05) is 5.32 Å². The molecule has 2 aromatic carbocycles. The molecule has 0 aliphatic carbocycles. The van der Waals surface area contributed by atoms with Gasteiger partial charge in [-0.1, -0.05) is 36.4 Å². The van der Waals surface area contributed by atoms with Gasteiger partial charge in [0.15, 0.2) is 10.9 Å². The highest BCUT2D eigenvalue weighted by molar-refractivity contribution is 7.14. The highest BCUT2D eigenvalue weighted by Gasteiger charge is 2.28. The van der Waals surface area contributed by atoms with E-state index in [2.05, 4.69) is 15.6 Å². The van der Waals surface area contributed by atoms with Gasteiger partial charge in [-0.3, -0.25) is 14.9 Å². The summed E-state index contributed by atoms with van der Waals surface area (Å²) in [5.41, 5.74) is 2.38. The fraction of sp³-hybridized carbons (Fsp3) is 0.0870. The summed E-state index contributed by atoms with van der Waals surface area (Å²) in [6.07, 6.45) is 1.52. The fourth-order valence-electron chi connectivity index (χ4n) is 3.45. The van der Waals surface area contributed by atoms with Gasteiger partial charge in [-0.2, -0.15) is 0 Å². The van der Waals surface area contributed by atoms with Gasteiger partial charge in [-0.15, -0.1) is 11.3 Å².